The van der Waals surface area contributed by atoms with Crippen molar-refractivity contribution in [2.75, 3.05) is 13.2 Å². The Kier molecular flexibility index (Phi) is 4.07. The number of hydrogen-bond donors (Lipinski definition) is 2. The Bertz CT molecular complexity index is 184. The average molecular weight is 202 g/mol. The smallest absolute Gasteiger partial charge is 0.114 e. The van der Waals surface area contributed by atoms with E-state index in [0.29, 0.717) is 0 Å². The molecule has 4 atom stereocenters. The van der Waals surface area contributed by atoms with E-state index in [1.807, 2.05) is 13.8 Å². The molecule has 0 aliphatic carbocycles. The van der Waals surface area contributed by atoms with Crippen molar-refractivity contribution in [3.8, 4) is 0 Å². The van der Waals surface area contributed by atoms with E-state index in [0.717, 1.165) is 0 Å². The van der Waals surface area contributed by atoms with Crippen LogP contribution in [0.2, 0.25) is 0 Å². The molecule has 0 aromatic heterocycles. The van der Waals surface area contributed by atoms with Crippen LogP contribution in [0.5, 0.6) is 0 Å². The molecule has 2 saturated heterocycles. The van der Waals surface area contributed by atoms with Crippen molar-refractivity contribution in [1.82, 2.24) is 0 Å². The summed E-state index contributed by atoms with van der Waals surface area (Å²) in [6.07, 6.45) is -1.70. The van der Waals surface area contributed by atoms with Gasteiger partial charge in [-0.1, -0.05) is 5.57 Å². The van der Waals surface area contributed by atoms with E-state index in [2.05, 4.69) is 6.58 Å². The highest BCUT2D eigenvalue weighted by atomic mass is 16.6. The van der Waals surface area contributed by atoms with E-state index < -0.39 is 12.2 Å². The normalized spacial score (nSPS) is 40.0. The molecule has 4 heteroatoms. The number of aliphatic hydroxyl groups excluding tert-OH is 2. The topological polar surface area (TPSA) is 58.9 Å². The summed E-state index contributed by atoms with van der Waals surface area (Å²) in [5.74, 6) is 0. The summed E-state index contributed by atoms with van der Waals surface area (Å²) in [5.41, 5.74) is 1.17. The van der Waals surface area contributed by atoms with E-state index in [1.54, 1.807) is 0 Å². The first-order valence-electron chi connectivity index (χ1n) is 4.74. The maximum Gasteiger partial charge on any atom is 0.114 e. The molecule has 2 aliphatic heterocycles. The number of rotatable bonds is 0. The highest BCUT2D eigenvalue weighted by Gasteiger charge is 2.46. The molecule has 2 heterocycles. The molecule has 4 nitrogen and oxygen atoms in total. The minimum Gasteiger partial charge on any atom is -0.388 e. The van der Waals surface area contributed by atoms with Crippen LogP contribution >= 0.6 is 0 Å². The van der Waals surface area contributed by atoms with Crippen LogP contribution in [0.15, 0.2) is 12.2 Å². The molecule has 82 valence electrons. The van der Waals surface area contributed by atoms with Crippen LogP contribution in [0.25, 0.3) is 0 Å². The largest absolute Gasteiger partial charge is 0.388 e. The Morgan fingerprint density at radius 2 is 1.36 bits per heavy atom. The maximum absolute atomic E-state index is 9.16. The van der Waals surface area contributed by atoms with Gasteiger partial charge in [0.2, 0.25) is 0 Å². The van der Waals surface area contributed by atoms with E-state index in [9.17, 15) is 0 Å². The monoisotopic (exact) mass is 202 g/mol. The molecular formula is C10H18O4. The van der Waals surface area contributed by atoms with Crippen LogP contribution in [0.1, 0.15) is 13.8 Å². The molecule has 0 spiro atoms. The predicted molar refractivity (Wildman–Crippen MR) is 52.0 cm³/mol. The highest BCUT2D eigenvalue weighted by Crippen LogP contribution is 2.26. The maximum atomic E-state index is 9.16. The van der Waals surface area contributed by atoms with Crippen molar-refractivity contribution in [2.24, 2.45) is 0 Å². The van der Waals surface area contributed by atoms with Crippen LogP contribution in [0.4, 0.5) is 0 Å². The Labute approximate surface area is 84.1 Å². The van der Waals surface area contributed by atoms with Crippen LogP contribution in [-0.2, 0) is 9.47 Å². The summed E-state index contributed by atoms with van der Waals surface area (Å²) >= 11 is 0. The molecule has 0 radical (unpaired) electrons. The van der Waals surface area contributed by atoms with E-state index in [4.69, 9.17) is 19.7 Å². The standard InChI is InChI=1S/C6H10O4.C4H8/c7-3-1-9-6-4(8)2-10-5(3)6;1-4(2)3/h3-8H,1-2H2;1H2,2-3H3/t3-,4+,5-,6-;/m1./s1. The summed E-state index contributed by atoms with van der Waals surface area (Å²) in [5, 5.41) is 18.3. The molecule has 0 saturated carbocycles. The zero-order chi connectivity index (χ0) is 10.7. The van der Waals surface area contributed by atoms with Gasteiger partial charge in [-0.2, -0.15) is 0 Å². The molecular weight excluding hydrogens is 184 g/mol. The summed E-state index contributed by atoms with van der Waals surface area (Å²) in [4.78, 5) is 0. The van der Waals surface area contributed by atoms with E-state index in [1.165, 1.54) is 5.57 Å². The summed E-state index contributed by atoms with van der Waals surface area (Å²) < 4.78 is 10.2. The van der Waals surface area contributed by atoms with E-state index >= 15 is 0 Å². The van der Waals surface area contributed by atoms with Gasteiger partial charge in [0.1, 0.15) is 24.4 Å². The molecule has 0 aromatic rings. The Morgan fingerprint density at radius 3 is 1.64 bits per heavy atom. The first-order chi connectivity index (χ1) is 6.52. The fourth-order valence-corrected chi connectivity index (χ4v) is 1.46. The van der Waals surface area contributed by atoms with Crippen molar-refractivity contribution in [3.05, 3.63) is 12.2 Å². The fraction of sp³-hybridized carbons (Fsp3) is 0.800. The van der Waals surface area contributed by atoms with Crippen molar-refractivity contribution < 1.29 is 19.7 Å². The Hall–Kier alpha value is -0.420. The first kappa shape index (κ1) is 11.7. The quantitative estimate of drug-likeness (QED) is 0.546. The second-order valence-electron chi connectivity index (χ2n) is 3.94. The zero-order valence-electron chi connectivity index (χ0n) is 8.64. The first-order valence-corrected chi connectivity index (χ1v) is 4.74. The molecule has 2 rings (SSSR count). The number of aliphatic hydroxyl groups is 2. The van der Waals surface area contributed by atoms with Crippen molar-refractivity contribution >= 4 is 0 Å². The fourth-order valence-electron chi connectivity index (χ4n) is 1.46. The van der Waals surface area contributed by atoms with Gasteiger partial charge in [-0.05, 0) is 13.8 Å². The highest BCUT2D eigenvalue weighted by molar-refractivity contribution is 4.93. The lowest BCUT2D eigenvalue weighted by atomic mass is 10.1. The summed E-state index contributed by atoms with van der Waals surface area (Å²) in [6.45, 7) is 8.07. The third-order valence-electron chi connectivity index (χ3n) is 2.00. The molecule has 14 heavy (non-hydrogen) atoms. The molecule has 0 unspecified atom stereocenters. The van der Waals surface area contributed by atoms with Crippen molar-refractivity contribution in [2.45, 2.75) is 38.3 Å². The minimum absolute atomic E-state index is 0.284. The third kappa shape index (κ3) is 2.78. The molecule has 0 bridgehead atoms. The Morgan fingerprint density at radius 1 is 1.07 bits per heavy atom. The molecule has 2 aliphatic rings. The van der Waals surface area contributed by atoms with Gasteiger partial charge in [0.15, 0.2) is 0 Å². The summed E-state index contributed by atoms with van der Waals surface area (Å²) in [7, 11) is 0. The average Bonchev–Trinajstić information content (AvgIpc) is 2.57. The second-order valence-corrected chi connectivity index (χ2v) is 3.94. The zero-order valence-corrected chi connectivity index (χ0v) is 8.64. The minimum atomic E-state index is -0.554. The number of fused-ring (bicyclic) bond motifs is 1. The van der Waals surface area contributed by atoms with Crippen molar-refractivity contribution in [1.29, 1.82) is 0 Å². The van der Waals surface area contributed by atoms with Gasteiger partial charge in [-0.15, -0.1) is 6.58 Å². The van der Waals surface area contributed by atoms with Gasteiger partial charge in [0.25, 0.3) is 0 Å². The van der Waals surface area contributed by atoms with Gasteiger partial charge in [-0.3, -0.25) is 0 Å². The van der Waals surface area contributed by atoms with Crippen molar-refractivity contribution in [3.63, 3.8) is 0 Å². The van der Waals surface area contributed by atoms with Gasteiger partial charge in [0.05, 0.1) is 13.2 Å². The van der Waals surface area contributed by atoms with Gasteiger partial charge < -0.3 is 19.7 Å². The molecule has 0 aromatic carbocycles. The van der Waals surface area contributed by atoms with Gasteiger partial charge in [-0.25, -0.2) is 0 Å². The lowest BCUT2D eigenvalue weighted by Gasteiger charge is -2.09. The predicted octanol–water partition coefficient (Wildman–Crippen LogP) is 0.0882. The van der Waals surface area contributed by atoms with Crippen LogP contribution in [0.3, 0.4) is 0 Å². The second kappa shape index (κ2) is 4.89. The lowest BCUT2D eigenvalue weighted by Crippen LogP contribution is -2.30. The van der Waals surface area contributed by atoms with Crippen LogP contribution in [0, 0.1) is 0 Å². The van der Waals surface area contributed by atoms with Crippen LogP contribution < -0.4 is 0 Å². The Balaban J connectivity index is 0.000000213. The summed E-state index contributed by atoms with van der Waals surface area (Å²) in [6, 6.07) is 0. The van der Waals surface area contributed by atoms with Gasteiger partial charge in [0, 0.05) is 0 Å². The molecule has 2 fully saturated rings. The number of hydrogen-bond acceptors (Lipinski definition) is 4. The third-order valence-corrected chi connectivity index (χ3v) is 2.00. The van der Waals surface area contributed by atoms with E-state index in [-0.39, 0.29) is 25.4 Å². The number of ether oxygens (including phenoxy) is 2. The van der Waals surface area contributed by atoms with Gasteiger partial charge >= 0.3 is 0 Å². The SMILES string of the molecule is C=C(C)C.O[C@@H]1CO[C@H]2[C@@H]1OC[C@@H]2O. The lowest BCUT2D eigenvalue weighted by molar-refractivity contribution is 0.00205. The molecule has 0 amide bonds. The van der Waals surface area contributed by atoms with Crippen LogP contribution in [-0.4, -0.2) is 47.8 Å². The number of allylic oxidation sites excluding steroid dienone is 1. The molecule has 2 N–H and O–H groups in total.